The number of methoxy groups -OCH3 is 2. The summed E-state index contributed by atoms with van der Waals surface area (Å²) in [6.07, 6.45) is 2.95. The lowest BCUT2D eigenvalue weighted by Gasteiger charge is -2.36. The minimum absolute atomic E-state index is 0.194. The Hall–Kier alpha value is -3.48. The molecule has 0 radical (unpaired) electrons. The van der Waals surface area contributed by atoms with Crippen molar-refractivity contribution >= 4 is 23.6 Å². The number of carbonyl (C=O) groups is 2. The van der Waals surface area contributed by atoms with E-state index < -0.39 is 5.97 Å². The number of anilines is 1. The van der Waals surface area contributed by atoms with E-state index in [0.717, 1.165) is 22.7 Å². The van der Waals surface area contributed by atoms with Gasteiger partial charge < -0.3 is 24.0 Å². The molecule has 2 aromatic rings. The van der Waals surface area contributed by atoms with E-state index in [-0.39, 0.29) is 12.5 Å². The topological polar surface area (TPSA) is 68.3 Å². The summed E-state index contributed by atoms with van der Waals surface area (Å²) in [7, 11) is 3.24. The van der Waals surface area contributed by atoms with Crippen LogP contribution in [-0.4, -0.2) is 63.8 Å². The summed E-state index contributed by atoms with van der Waals surface area (Å²) in [5, 5.41) is 0. The van der Waals surface area contributed by atoms with Crippen LogP contribution in [0.4, 0.5) is 5.69 Å². The second kappa shape index (κ2) is 10.3. The third kappa shape index (κ3) is 5.53. The van der Waals surface area contributed by atoms with E-state index >= 15 is 0 Å². The molecule has 0 aliphatic carbocycles. The van der Waals surface area contributed by atoms with Gasteiger partial charge in [-0.1, -0.05) is 24.3 Å². The van der Waals surface area contributed by atoms with E-state index in [1.165, 1.54) is 6.08 Å². The average Bonchev–Trinajstić information content (AvgIpc) is 2.81. The summed E-state index contributed by atoms with van der Waals surface area (Å²) in [6.45, 7) is 2.25. The van der Waals surface area contributed by atoms with Crippen LogP contribution in [0.5, 0.6) is 11.5 Å². The first-order valence-corrected chi connectivity index (χ1v) is 9.75. The predicted octanol–water partition coefficient (Wildman–Crippen LogP) is 2.61. The van der Waals surface area contributed by atoms with Crippen molar-refractivity contribution in [2.45, 2.75) is 0 Å². The van der Waals surface area contributed by atoms with Crippen LogP contribution in [0.25, 0.3) is 6.08 Å². The molecule has 0 atom stereocenters. The number of ether oxygens (including phenoxy) is 3. The van der Waals surface area contributed by atoms with Crippen LogP contribution < -0.4 is 14.4 Å². The van der Waals surface area contributed by atoms with Gasteiger partial charge in [0.1, 0.15) is 11.5 Å². The number of carbonyl (C=O) groups excluding carboxylic acids is 2. The Bertz CT molecular complexity index is 887. The number of esters is 1. The van der Waals surface area contributed by atoms with Gasteiger partial charge >= 0.3 is 5.97 Å². The van der Waals surface area contributed by atoms with E-state index in [0.29, 0.717) is 26.2 Å². The molecular formula is C23H26N2O5. The average molecular weight is 410 g/mol. The second-order valence-corrected chi connectivity index (χ2v) is 6.75. The minimum Gasteiger partial charge on any atom is -0.497 e. The zero-order chi connectivity index (χ0) is 21.3. The zero-order valence-corrected chi connectivity index (χ0v) is 17.2. The Balaban J connectivity index is 1.44. The lowest BCUT2D eigenvalue weighted by atomic mass is 10.2. The van der Waals surface area contributed by atoms with Gasteiger partial charge in [-0.05, 0) is 35.9 Å². The van der Waals surface area contributed by atoms with Crippen molar-refractivity contribution in [2.24, 2.45) is 0 Å². The molecule has 3 rings (SSSR count). The minimum atomic E-state index is -0.549. The maximum atomic E-state index is 12.4. The Morgan fingerprint density at radius 3 is 2.30 bits per heavy atom. The second-order valence-electron chi connectivity index (χ2n) is 6.75. The van der Waals surface area contributed by atoms with Gasteiger partial charge in [-0.3, -0.25) is 4.79 Å². The maximum absolute atomic E-state index is 12.4. The fourth-order valence-corrected chi connectivity index (χ4v) is 3.24. The fourth-order valence-electron chi connectivity index (χ4n) is 3.24. The third-order valence-corrected chi connectivity index (χ3v) is 4.92. The molecule has 0 spiro atoms. The van der Waals surface area contributed by atoms with Gasteiger partial charge in [-0.2, -0.15) is 0 Å². The van der Waals surface area contributed by atoms with E-state index in [1.807, 2.05) is 36.4 Å². The van der Waals surface area contributed by atoms with Crippen molar-refractivity contribution in [1.29, 1.82) is 0 Å². The standard InChI is InChI=1S/C23H26N2O5/c1-28-19-10-7-18(8-11-19)9-12-23(27)30-17-22(26)25-15-13-24(14-16-25)20-5-3-4-6-21(20)29-2/h3-12H,13-17H2,1-2H3/b12-9+. The first-order chi connectivity index (χ1) is 14.6. The molecule has 1 fully saturated rings. The molecule has 1 amide bonds. The van der Waals surface area contributed by atoms with Crippen molar-refractivity contribution in [1.82, 2.24) is 4.90 Å². The monoisotopic (exact) mass is 410 g/mol. The number of hydrogen-bond acceptors (Lipinski definition) is 6. The highest BCUT2D eigenvalue weighted by Crippen LogP contribution is 2.28. The number of amides is 1. The SMILES string of the molecule is COc1ccc(/C=C/C(=O)OCC(=O)N2CCN(c3ccccc3OC)CC2)cc1. The predicted molar refractivity (Wildman–Crippen MR) is 115 cm³/mol. The highest BCUT2D eigenvalue weighted by molar-refractivity contribution is 5.89. The molecule has 0 saturated carbocycles. The summed E-state index contributed by atoms with van der Waals surface area (Å²) >= 11 is 0. The van der Waals surface area contributed by atoms with E-state index in [9.17, 15) is 9.59 Å². The lowest BCUT2D eigenvalue weighted by Crippen LogP contribution is -2.50. The summed E-state index contributed by atoms with van der Waals surface area (Å²) in [4.78, 5) is 28.2. The fraction of sp³-hybridized carbons (Fsp3) is 0.304. The van der Waals surface area contributed by atoms with Crippen LogP contribution >= 0.6 is 0 Å². The number of benzene rings is 2. The van der Waals surface area contributed by atoms with Crippen molar-refractivity contribution < 1.29 is 23.8 Å². The smallest absolute Gasteiger partial charge is 0.331 e. The van der Waals surface area contributed by atoms with Crippen LogP contribution in [0.15, 0.2) is 54.6 Å². The molecule has 158 valence electrons. The molecule has 1 heterocycles. The molecule has 30 heavy (non-hydrogen) atoms. The zero-order valence-electron chi connectivity index (χ0n) is 17.2. The number of nitrogens with zero attached hydrogens (tertiary/aromatic N) is 2. The molecule has 0 bridgehead atoms. The Morgan fingerprint density at radius 2 is 1.63 bits per heavy atom. The molecule has 1 saturated heterocycles. The summed E-state index contributed by atoms with van der Waals surface area (Å²) < 4.78 is 15.6. The molecule has 2 aromatic carbocycles. The Morgan fingerprint density at radius 1 is 0.933 bits per heavy atom. The highest BCUT2D eigenvalue weighted by Gasteiger charge is 2.23. The quantitative estimate of drug-likeness (QED) is 0.516. The summed E-state index contributed by atoms with van der Waals surface area (Å²) in [5.41, 5.74) is 1.86. The molecule has 0 aromatic heterocycles. The van der Waals surface area contributed by atoms with Crippen molar-refractivity contribution in [3.63, 3.8) is 0 Å². The maximum Gasteiger partial charge on any atom is 0.331 e. The van der Waals surface area contributed by atoms with E-state index in [4.69, 9.17) is 14.2 Å². The van der Waals surface area contributed by atoms with Crippen molar-refractivity contribution in [3.8, 4) is 11.5 Å². The van der Waals surface area contributed by atoms with Gasteiger partial charge in [0.2, 0.25) is 0 Å². The molecule has 7 nitrogen and oxygen atoms in total. The highest BCUT2D eigenvalue weighted by atomic mass is 16.5. The largest absolute Gasteiger partial charge is 0.497 e. The van der Waals surface area contributed by atoms with Gasteiger partial charge in [0.15, 0.2) is 6.61 Å². The van der Waals surface area contributed by atoms with Crippen LogP contribution in [-0.2, 0) is 14.3 Å². The third-order valence-electron chi connectivity index (χ3n) is 4.92. The Kier molecular flexibility index (Phi) is 7.32. The van der Waals surface area contributed by atoms with Gasteiger partial charge in [0.25, 0.3) is 5.91 Å². The molecule has 1 aliphatic heterocycles. The van der Waals surface area contributed by atoms with Gasteiger partial charge in [-0.15, -0.1) is 0 Å². The molecular weight excluding hydrogens is 384 g/mol. The summed E-state index contributed by atoms with van der Waals surface area (Å²) in [6, 6.07) is 15.1. The van der Waals surface area contributed by atoms with Gasteiger partial charge in [0, 0.05) is 32.3 Å². The van der Waals surface area contributed by atoms with Gasteiger partial charge in [-0.25, -0.2) is 4.79 Å². The number of piperazine rings is 1. The van der Waals surface area contributed by atoms with Crippen LogP contribution in [0.1, 0.15) is 5.56 Å². The normalized spacial score (nSPS) is 13.9. The molecule has 7 heteroatoms. The van der Waals surface area contributed by atoms with Crippen molar-refractivity contribution in [2.75, 3.05) is 51.9 Å². The number of hydrogen-bond donors (Lipinski definition) is 0. The number of para-hydroxylation sites is 2. The molecule has 0 unspecified atom stereocenters. The van der Waals surface area contributed by atoms with Crippen LogP contribution in [0.2, 0.25) is 0 Å². The van der Waals surface area contributed by atoms with Gasteiger partial charge in [0.05, 0.1) is 19.9 Å². The summed E-state index contributed by atoms with van der Waals surface area (Å²) in [5.74, 6) is 0.814. The lowest BCUT2D eigenvalue weighted by molar-refractivity contribution is -0.148. The van der Waals surface area contributed by atoms with Crippen molar-refractivity contribution in [3.05, 3.63) is 60.2 Å². The molecule has 0 N–H and O–H groups in total. The first-order valence-electron chi connectivity index (χ1n) is 9.75. The first kappa shape index (κ1) is 21.2. The van der Waals surface area contributed by atoms with Crippen LogP contribution in [0.3, 0.4) is 0 Å². The van der Waals surface area contributed by atoms with E-state index in [2.05, 4.69) is 4.90 Å². The molecule has 1 aliphatic rings. The number of rotatable bonds is 7. The Labute approximate surface area is 176 Å². The van der Waals surface area contributed by atoms with E-state index in [1.54, 1.807) is 37.3 Å². The van der Waals surface area contributed by atoms with Crippen LogP contribution in [0, 0.1) is 0 Å².